The van der Waals surface area contributed by atoms with Crippen molar-refractivity contribution < 1.29 is 14.3 Å². The molecule has 118 valence electrons. The molecule has 0 N–H and O–H groups in total. The van der Waals surface area contributed by atoms with Gasteiger partial charge in [0.2, 0.25) is 0 Å². The van der Waals surface area contributed by atoms with Crippen molar-refractivity contribution in [3.8, 4) is 0 Å². The van der Waals surface area contributed by atoms with Gasteiger partial charge in [-0.25, -0.2) is 5.01 Å². The zero-order valence-corrected chi connectivity index (χ0v) is 13.3. The highest BCUT2D eigenvalue weighted by Crippen LogP contribution is 2.22. The maximum Gasteiger partial charge on any atom is 0.305 e. The van der Waals surface area contributed by atoms with Gasteiger partial charge < -0.3 is 9.64 Å². The number of benzene rings is 1. The van der Waals surface area contributed by atoms with Gasteiger partial charge in [0.25, 0.3) is 0 Å². The van der Waals surface area contributed by atoms with E-state index in [-0.39, 0.29) is 24.6 Å². The van der Waals surface area contributed by atoms with E-state index in [0.717, 1.165) is 5.69 Å². The molecule has 0 aliphatic carbocycles. The fourth-order valence-corrected chi connectivity index (χ4v) is 2.24. The monoisotopic (exact) mass is 323 g/mol. The van der Waals surface area contributed by atoms with Gasteiger partial charge in [-0.2, -0.15) is 0 Å². The number of anilines is 1. The third kappa shape index (κ3) is 3.98. The first-order valence-electron chi connectivity index (χ1n) is 6.94. The maximum atomic E-state index is 12.2. The van der Waals surface area contributed by atoms with Crippen molar-refractivity contribution in [3.05, 3.63) is 29.3 Å². The van der Waals surface area contributed by atoms with Crippen molar-refractivity contribution in [2.75, 3.05) is 25.8 Å². The molecule has 0 saturated carbocycles. The van der Waals surface area contributed by atoms with E-state index in [1.807, 2.05) is 19.2 Å². The summed E-state index contributed by atoms with van der Waals surface area (Å²) in [6.45, 7) is 0.500. The average molecular weight is 324 g/mol. The summed E-state index contributed by atoms with van der Waals surface area (Å²) in [6, 6.07) is 7.26. The minimum absolute atomic E-state index is 0.0807. The topological polar surface area (TPSA) is 62.2 Å². The number of hydrogen-bond acceptors (Lipinski definition) is 6. The molecule has 2 rings (SSSR count). The highest BCUT2D eigenvalue weighted by atomic mass is 35.5. The second-order valence-corrected chi connectivity index (χ2v) is 5.43. The number of carbonyl (C=O) groups is 2. The summed E-state index contributed by atoms with van der Waals surface area (Å²) in [6.07, 6.45) is 0.964. The van der Waals surface area contributed by atoms with Crippen LogP contribution in [-0.2, 0) is 14.3 Å². The van der Waals surface area contributed by atoms with Crippen LogP contribution in [0.2, 0.25) is 5.02 Å². The fraction of sp³-hybridized carbons (Fsp3) is 0.400. The summed E-state index contributed by atoms with van der Waals surface area (Å²) in [4.78, 5) is 25.0. The number of methoxy groups -OCH3 is 1. The van der Waals surface area contributed by atoms with Crippen molar-refractivity contribution >= 4 is 34.9 Å². The number of amidine groups is 1. The number of rotatable bonds is 6. The molecule has 1 aromatic carbocycles. The number of hydrazone groups is 1. The molecule has 1 aliphatic rings. The molecule has 0 atom stereocenters. The number of Topliss-reactive ketones (excluding diaryl/α,β-unsaturated/α-hetero) is 1. The third-order valence-electron chi connectivity index (χ3n) is 3.31. The molecule has 1 heterocycles. The number of ketones is 1. The minimum atomic E-state index is -0.308. The molecule has 0 bridgehead atoms. The van der Waals surface area contributed by atoms with E-state index < -0.39 is 0 Å². The van der Waals surface area contributed by atoms with E-state index in [0.29, 0.717) is 23.9 Å². The molecule has 0 aromatic heterocycles. The predicted molar refractivity (Wildman–Crippen MR) is 84.9 cm³/mol. The number of hydrogen-bond donors (Lipinski definition) is 0. The second kappa shape index (κ2) is 7.26. The fourth-order valence-electron chi connectivity index (χ4n) is 2.12. The Morgan fingerprint density at radius 3 is 2.59 bits per heavy atom. The number of nitrogens with zero attached hydrogens (tertiary/aromatic N) is 3. The van der Waals surface area contributed by atoms with Crippen LogP contribution in [0.1, 0.15) is 19.3 Å². The number of carbonyl (C=O) groups excluding carboxylic acids is 2. The van der Waals surface area contributed by atoms with Crippen LogP contribution in [0.3, 0.4) is 0 Å². The van der Waals surface area contributed by atoms with Crippen LogP contribution < -0.4 is 5.01 Å². The summed E-state index contributed by atoms with van der Waals surface area (Å²) in [7, 11) is 3.15. The Labute approximate surface area is 134 Å². The zero-order chi connectivity index (χ0) is 16.1. The molecule has 1 aliphatic heterocycles. The van der Waals surface area contributed by atoms with Crippen LogP contribution in [0.4, 0.5) is 5.69 Å². The molecule has 0 spiro atoms. The van der Waals surface area contributed by atoms with Gasteiger partial charge in [-0.1, -0.05) is 11.6 Å². The average Bonchev–Trinajstić information content (AvgIpc) is 2.89. The number of halogens is 1. The van der Waals surface area contributed by atoms with E-state index in [1.165, 1.54) is 7.11 Å². The first kappa shape index (κ1) is 16.3. The van der Waals surface area contributed by atoms with E-state index in [9.17, 15) is 9.59 Å². The number of likely N-dealkylation sites (N-methyl/N-ethyl adjacent to an activating group) is 1. The SMILES string of the molecule is COC(=O)CCCC(=O)C1=NN(c2ccc(Cl)cc2)CN1C. The minimum Gasteiger partial charge on any atom is -0.469 e. The standard InChI is InChI=1S/C15H18ClN3O3/c1-18-10-19(12-8-6-11(16)7-9-12)17-15(18)13(20)4-3-5-14(21)22-2/h6-9H,3-5,10H2,1-2H3. The molecule has 0 saturated heterocycles. The Bertz CT molecular complexity index is 586. The van der Waals surface area contributed by atoms with Crippen molar-refractivity contribution in [2.24, 2.45) is 5.10 Å². The first-order chi connectivity index (χ1) is 10.5. The smallest absolute Gasteiger partial charge is 0.305 e. The number of ether oxygens (including phenoxy) is 1. The molecular weight excluding hydrogens is 306 g/mol. The van der Waals surface area contributed by atoms with Gasteiger partial charge in [0.15, 0.2) is 11.6 Å². The zero-order valence-electron chi connectivity index (χ0n) is 12.6. The van der Waals surface area contributed by atoms with Crippen molar-refractivity contribution in [3.63, 3.8) is 0 Å². The largest absolute Gasteiger partial charge is 0.469 e. The summed E-state index contributed by atoms with van der Waals surface area (Å²) < 4.78 is 4.55. The van der Waals surface area contributed by atoms with Gasteiger partial charge in [-0.15, -0.1) is 5.10 Å². The lowest BCUT2D eigenvalue weighted by atomic mass is 10.1. The summed E-state index contributed by atoms with van der Waals surface area (Å²) in [5.74, 6) is 0.0139. The maximum absolute atomic E-state index is 12.2. The first-order valence-corrected chi connectivity index (χ1v) is 7.32. The van der Waals surface area contributed by atoms with E-state index in [2.05, 4.69) is 9.84 Å². The van der Waals surface area contributed by atoms with Crippen LogP contribution in [-0.4, -0.2) is 43.3 Å². The Hall–Kier alpha value is -2.08. The molecule has 0 radical (unpaired) electrons. The van der Waals surface area contributed by atoms with E-state index >= 15 is 0 Å². The van der Waals surface area contributed by atoms with Crippen LogP contribution in [0, 0.1) is 0 Å². The highest BCUT2D eigenvalue weighted by molar-refractivity contribution is 6.39. The summed E-state index contributed by atoms with van der Waals surface area (Å²) in [5, 5.41) is 6.75. The van der Waals surface area contributed by atoms with Crippen LogP contribution in [0.15, 0.2) is 29.4 Å². The van der Waals surface area contributed by atoms with E-state index in [4.69, 9.17) is 11.6 Å². The molecule has 0 amide bonds. The Morgan fingerprint density at radius 2 is 1.95 bits per heavy atom. The molecule has 0 fully saturated rings. The van der Waals surface area contributed by atoms with Gasteiger partial charge in [-0.3, -0.25) is 9.59 Å². The Morgan fingerprint density at radius 1 is 1.27 bits per heavy atom. The van der Waals surface area contributed by atoms with Crippen molar-refractivity contribution in [1.29, 1.82) is 0 Å². The lowest BCUT2D eigenvalue weighted by Gasteiger charge is -2.16. The van der Waals surface area contributed by atoms with Crippen LogP contribution >= 0.6 is 11.6 Å². The Kier molecular flexibility index (Phi) is 5.38. The number of esters is 1. The van der Waals surface area contributed by atoms with Gasteiger partial charge in [0.1, 0.15) is 6.67 Å². The lowest BCUT2D eigenvalue weighted by molar-refractivity contribution is -0.140. The normalized spacial score (nSPS) is 14.0. The Balaban J connectivity index is 1.98. The van der Waals surface area contributed by atoms with Gasteiger partial charge in [0, 0.05) is 24.9 Å². The molecule has 7 heteroatoms. The van der Waals surface area contributed by atoms with Gasteiger partial charge >= 0.3 is 5.97 Å². The van der Waals surface area contributed by atoms with Crippen molar-refractivity contribution in [2.45, 2.75) is 19.3 Å². The third-order valence-corrected chi connectivity index (χ3v) is 3.56. The second-order valence-electron chi connectivity index (χ2n) is 4.99. The highest BCUT2D eigenvalue weighted by Gasteiger charge is 2.26. The molecule has 0 unspecified atom stereocenters. The molecule has 1 aromatic rings. The lowest BCUT2D eigenvalue weighted by Crippen LogP contribution is -2.31. The molecule has 6 nitrogen and oxygen atoms in total. The van der Waals surface area contributed by atoms with Gasteiger partial charge in [-0.05, 0) is 30.7 Å². The molecule has 22 heavy (non-hydrogen) atoms. The van der Waals surface area contributed by atoms with E-state index in [1.54, 1.807) is 22.0 Å². The van der Waals surface area contributed by atoms with Crippen LogP contribution in [0.5, 0.6) is 0 Å². The van der Waals surface area contributed by atoms with Crippen LogP contribution in [0.25, 0.3) is 0 Å². The quantitative estimate of drug-likeness (QED) is 0.752. The summed E-state index contributed by atoms with van der Waals surface area (Å²) >= 11 is 5.86. The van der Waals surface area contributed by atoms with Crippen molar-refractivity contribution in [1.82, 2.24) is 4.90 Å². The molecular formula is C15H18ClN3O3. The predicted octanol–water partition coefficient (Wildman–Crippen LogP) is 2.28. The van der Waals surface area contributed by atoms with Gasteiger partial charge in [0.05, 0.1) is 12.8 Å². The summed E-state index contributed by atoms with van der Waals surface area (Å²) in [5.41, 5.74) is 0.869.